The molecule has 98 valence electrons. The summed E-state index contributed by atoms with van der Waals surface area (Å²) < 4.78 is 4.76. The van der Waals surface area contributed by atoms with Crippen LogP contribution in [-0.2, 0) is 9.53 Å². The third-order valence-electron chi connectivity index (χ3n) is 3.30. The topological polar surface area (TPSA) is 75.3 Å². The Morgan fingerprint density at radius 3 is 2.89 bits per heavy atom. The first-order chi connectivity index (χ1) is 8.65. The molecule has 1 saturated heterocycles. The molecule has 1 aromatic rings. The molecule has 0 radical (unpaired) electrons. The molecule has 0 bridgehead atoms. The molecule has 18 heavy (non-hydrogen) atoms. The van der Waals surface area contributed by atoms with E-state index in [1.54, 1.807) is 11.8 Å². The lowest BCUT2D eigenvalue weighted by atomic mass is 10.0. The summed E-state index contributed by atoms with van der Waals surface area (Å²) >= 11 is 0. The van der Waals surface area contributed by atoms with Crippen molar-refractivity contribution in [3.63, 3.8) is 0 Å². The van der Waals surface area contributed by atoms with Crippen LogP contribution in [0.3, 0.4) is 0 Å². The third-order valence-corrected chi connectivity index (χ3v) is 3.30. The van der Waals surface area contributed by atoms with Crippen molar-refractivity contribution < 1.29 is 14.3 Å². The number of hydrogen-bond donors (Lipinski definition) is 1. The highest BCUT2D eigenvalue weighted by Crippen LogP contribution is 2.21. The Morgan fingerprint density at radius 1 is 1.50 bits per heavy atom. The van der Waals surface area contributed by atoms with Gasteiger partial charge < -0.3 is 9.64 Å². The van der Waals surface area contributed by atoms with E-state index in [4.69, 9.17) is 4.74 Å². The second kappa shape index (κ2) is 5.20. The molecule has 1 atom stereocenters. The fourth-order valence-electron chi connectivity index (χ4n) is 2.28. The molecule has 0 aromatic carbocycles. The van der Waals surface area contributed by atoms with Crippen LogP contribution in [0.15, 0.2) is 6.20 Å². The summed E-state index contributed by atoms with van der Waals surface area (Å²) in [5.41, 5.74) is 1.24. The van der Waals surface area contributed by atoms with E-state index in [0.29, 0.717) is 24.2 Å². The summed E-state index contributed by atoms with van der Waals surface area (Å²) in [4.78, 5) is 25.7. The summed E-state index contributed by atoms with van der Waals surface area (Å²) in [5.74, 6) is -0.499. The number of esters is 1. The van der Waals surface area contributed by atoms with Crippen LogP contribution in [0.2, 0.25) is 0 Å². The molecule has 1 fully saturated rings. The SMILES string of the molecule is COC(=O)C1CCCCN1C(=O)c1cn[nH]c1C. The molecule has 1 N–H and O–H groups in total. The predicted molar refractivity (Wildman–Crippen MR) is 64.0 cm³/mol. The van der Waals surface area contributed by atoms with Crippen molar-refractivity contribution in [3.8, 4) is 0 Å². The van der Waals surface area contributed by atoms with E-state index >= 15 is 0 Å². The average Bonchev–Trinajstić information content (AvgIpc) is 2.83. The summed E-state index contributed by atoms with van der Waals surface area (Å²) in [7, 11) is 1.35. The lowest BCUT2D eigenvalue weighted by Crippen LogP contribution is -2.48. The van der Waals surface area contributed by atoms with Crippen LogP contribution in [0.1, 0.15) is 35.3 Å². The zero-order valence-corrected chi connectivity index (χ0v) is 10.6. The van der Waals surface area contributed by atoms with Crippen molar-refractivity contribution in [3.05, 3.63) is 17.5 Å². The number of carbonyl (C=O) groups is 2. The Bertz CT molecular complexity index is 455. The van der Waals surface area contributed by atoms with Crippen LogP contribution < -0.4 is 0 Å². The van der Waals surface area contributed by atoms with E-state index in [9.17, 15) is 9.59 Å². The van der Waals surface area contributed by atoms with Crippen molar-refractivity contribution >= 4 is 11.9 Å². The van der Waals surface area contributed by atoms with Crippen LogP contribution in [0, 0.1) is 6.92 Å². The van der Waals surface area contributed by atoms with E-state index in [1.165, 1.54) is 13.3 Å². The zero-order valence-electron chi connectivity index (χ0n) is 10.6. The number of amides is 1. The normalized spacial score (nSPS) is 19.7. The molecule has 0 saturated carbocycles. The van der Waals surface area contributed by atoms with Crippen LogP contribution in [0.5, 0.6) is 0 Å². The Hall–Kier alpha value is -1.85. The smallest absolute Gasteiger partial charge is 0.328 e. The standard InChI is InChI=1S/C12H17N3O3/c1-8-9(7-13-14-8)11(16)15-6-4-3-5-10(15)12(17)18-2/h7,10H,3-6H2,1-2H3,(H,13,14). The van der Waals surface area contributed by atoms with Crippen LogP contribution >= 0.6 is 0 Å². The molecule has 6 heteroatoms. The number of piperidine rings is 1. The van der Waals surface area contributed by atoms with E-state index in [2.05, 4.69) is 10.2 Å². The quantitative estimate of drug-likeness (QED) is 0.792. The molecule has 1 unspecified atom stereocenters. The predicted octanol–water partition coefficient (Wildman–Crippen LogP) is 0.886. The number of aromatic nitrogens is 2. The van der Waals surface area contributed by atoms with Gasteiger partial charge in [0.1, 0.15) is 6.04 Å². The minimum Gasteiger partial charge on any atom is -0.467 e. The number of aromatic amines is 1. The number of hydrogen-bond acceptors (Lipinski definition) is 4. The molecular formula is C12H17N3O3. The van der Waals surface area contributed by atoms with Crippen LogP contribution in [0.4, 0.5) is 0 Å². The highest BCUT2D eigenvalue weighted by atomic mass is 16.5. The number of aryl methyl sites for hydroxylation is 1. The first-order valence-electron chi connectivity index (χ1n) is 6.04. The number of carbonyl (C=O) groups excluding carboxylic acids is 2. The minimum atomic E-state index is -0.467. The van der Waals surface area contributed by atoms with E-state index < -0.39 is 6.04 Å². The molecule has 1 aliphatic rings. The monoisotopic (exact) mass is 251 g/mol. The molecule has 2 heterocycles. The Morgan fingerprint density at radius 2 is 2.28 bits per heavy atom. The minimum absolute atomic E-state index is 0.156. The first-order valence-corrected chi connectivity index (χ1v) is 6.04. The molecule has 0 aliphatic carbocycles. The van der Waals surface area contributed by atoms with Gasteiger partial charge in [-0.25, -0.2) is 4.79 Å². The number of nitrogens with zero attached hydrogens (tertiary/aromatic N) is 2. The molecule has 0 spiro atoms. The van der Waals surface area contributed by atoms with Crippen molar-refractivity contribution in [2.45, 2.75) is 32.2 Å². The van der Waals surface area contributed by atoms with Gasteiger partial charge in [0.25, 0.3) is 5.91 Å². The van der Waals surface area contributed by atoms with Gasteiger partial charge in [-0.3, -0.25) is 9.89 Å². The van der Waals surface area contributed by atoms with Gasteiger partial charge in [0.15, 0.2) is 0 Å². The van der Waals surface area contributed by atoms with E-state index in [-0.39, 0.29) is 11.9 Å². The van der Waals surface area contributed by atoms with Gasteiger partial charge in [-0.15, -0.1) is 0 Å². The second-order valence-electron chi connectivity index (χ2n) is 4.44. The van der Waals surface area contributed by atoms with Gasteiger partial charge in [-0.2, -0.15) is 5.10 Å². The number of ether oxygens (including phenoxy) is 1. The van der Waals surface area contributed by atoms with Crippen LogP contribution in [0.25, 0.3) is 0 Å². The molecule has 2 rings (SSSR count). The molecular weight excluding hydrogens is 234 g/mol. The molecule has 1 aromatic heterocycles. The van der Waals surface area contributed by atoms with Crippen molar-refractivity contribution in [1.29, 1.82) is 0 Å². The third kappa shape index (κ3) is 2.23. The fraction of sp³-hybridized carbons (Fsp3) is 0.583. The lowest BCUT2D eigenvalue weighted by molar-refractivity contribution is -0.147. The van der Waals surface area contributed by atoms with Crippen molar-refractivity contribution in [1.82, 2.24) is 15.1 Å². The Labute approximate surface area is 105 Å². The highest BCUT2D eigenvalue weighted by Gasteiger charge is 2.34. The van der Waals surface area contributed by atoms with Gasteiger partial charge in [0, 0.05) is 12.2 Å². The van der Waals surface area contributed by atoms with E-state index in [0.717, 1.165) is 12.8 Å². The number of rotatable bonds is 2. The average molecular weight is 251 g/mol. The fourth-order valence-corrected chi connectivity index (χ4v) is 2.28. The highest BCUT2D eigenvalue weighted by molar-refractivity contribution is 5.97. The second-order valence-corrected chi connectivity index (χ2v) is 4.44. The van der Waals surface area contributed by atoms with Gasteiger partial charge in [0.05, 0.1) is 18.9 Å². The Balaban J connectivity index is 2.21. The summed E-state index contributed by atoms with van der Waals surface area (Å²) in [6, 6.07) is -0.467. The van der Waals surface area contributed by atoms with Crippen LogP contribution in [-0.4, -0.2) is 46.7 Å². The van der Waals surface area contributed by atoms with Gasteiger partial charge in [-0.05, 0) is 26.2 Å². The number of H-pyrrole nitrogens is 1. The number of nitrogens with one attached hydrogen (secondary N) is 1. The maximum Gasteiger partial charge on any atom is 0.328 e. The summed E-state index contributed by atoms with van der Waals surface area (Å²) in [5, 5.41) is 6.57. The maximum atomic E-state index is 12.4. The maximum absolute atomic E-state index is 12.4. The molecule has 1 amide bonds. The zero-order chi connectivity index (χ0) is 13.1. The van der Waals surface area contributed by atoms with Crippen molar-refractivity contribution in [2.75, 3.05) is 13.7 Å². The Kier molecular flexibility index (Phi) is 3.64. The lowest BCUT2D eigenvalue weighted by Gasteiger charge is -2.33. The first kappa shape index (κ1) is 12.6. The van der Waals surface area contributed by atoms with Gasteiger partial charge in [0.2, 0.25) is 0 Å². The number of methoxy groups -OCH3 is 1. The summed E-state index contributed by atoms with van der Waals surface area (Å²) in [6.07, 6.45) is 4.01. The summed E-state index contributed by atoms with van der Waals surface area (Å²) in [6.45, 7) is 2.38. The van der Waals surface area contributed by atoms with Gasteiger partial charge >= 0.3 is 5.97 Å². The largest absolute Gasteiger partial charge is 0.467 e. The van der Waals surface area contributed by atoms with E-state index in [1.807, 2.05) is 0 Å². The number of likely N-dealkylation sites (tertiary alicyclic amines) is 1. The molecule has 1 aliphatic heterocycles. The van der Waals surface area contributed by atoms with Gasteiger partial charge in [-0.1, -0.05) is 0 Å². The van der Waals surface area contributed by atoms with Crippen molar-refractivity contribution in [2.24, 2.45) is 0 Å². The molecule has 6 nitrogen and oxygen atoms in total.